The molecule has 4 heterocycles. The van der Waals surface area contributed by atoms with E-state index in [0.717, 1.165) is 44.2 Å². The zero-order valence-electron chi connectivity index (χ0n) is 20.2. The van der Waals surface area contributed by atoms with Crippen LogP contribution in [0.4, 0.5) is 5.69 Å². The van der Waals surface area contributed by atoms with E-state index in [0.29, 0.717) is 5.95 Å². The molecule has 4 aromatic carbocycles. The molecule has 0 aliphatic carbocycles. The summed E-state index contributed by atoms with van der Waals surface area (Å²) in [5, 5.41) is 16.1. The molecule has 0 N–H and O–H groups in total. The molecular weight excluding hydrogens is 472 g/mol. The number of fused-ring (bicyclic) bond motifs is 5. The van der Waals surface area contributed by atoms with Crippen LogP contribution in [0, 0.1) is 0 Å². The molecule has 0 fully saturated rings. The monoisotopic (exact) mass is 493 g/mol. The van der Waals surface area contributed by atoms with Crippen molar-refractivity contribution in [2.45, 2.75) is 0 Å². The van der Waals surface area contributed by atoms with Crippen LogP contribution in [0.15, 0.2) is 128 Å². The Labute approximate surface area is 217 Å². The third-order valence-corrected chi connectivity index (χ3v) is 6.97. The molecule has 8 rings (SSSR count). The third kappa shape index (κ3) is 2.95. The van der Waals surface area contributed by atoms with Gasteiger partial charge in [0.05, 0.1) is 16.7 Å². The molecular formula is C30H21N8-. The largest absolute Gasteiger partial charge is 0.448 e. The number of benzene rings is 4. The molecule has 38 heavy (non-hydrogen) atoms. The van der Waals surface area contributed by atoms with Crippen molar-refractivity contribution in [3.05, 3.63) is 133 Å². The molecule has 0 atom stereocenters. The van der Waals surface area contributed by atoms with Crippen LogP contribution in [-0.4, -0.2) is 24.0 Å². The van der Waals surface area contributed by atoms with E-state index >= 15 is 0 Å². The van der Waals surface area contributed by atoms with Gasteiger partial charge < -0.3 is 15.7 Å². The lowest BCUT2D eigenvalue weighted by molar-refractivity contribution is 0.805. The SMILES string of the molecule is C1=CN(n2c3ccccc3c3c4ccccc4n(-c4nncn4-c4ccccc4)c32)[N-]N1c1ccccc1. The van der Waals surface area contributed by atoms with Crippen LogP contribution in [0.5, 0.6) is 0 Å². The maximum absolute atomic E-state index is 4.94. The maximum Gasteiger partial charge on any atom is 0.242 e. The normalized spacial score (nSPS) is 13.5. The Morgan fingerprint density at radius 2 is 1.24 bits per heavy atom. The second-order valence-corrected chi connectivity index (χ2v) is 9.10. The number of nitrogens with zero attached hydrogens (tertiary/aromatic N) is 8. The quantitative estimate of drug-likeness (QED) is 0.283. The van der Waals surface area contributed by atoms with Crippen LogP contribution in [0.1, 0.15) is 0 Å². The van der Waals surface area contributed by atoms with Crippen LogP contribution in [0.25, 0.3) is 50.0 Å². The van der Waals surface area contributed by atoms with Gasteiger partial charge in [-0.15, -0.1) is 10.2 Å². The Hall–Kier alpha value is -5.34. The van der Waals surface area contributed by atoms with Gasteiger partial charge in [-0.1, -0.05) is 72.8 Å². The summed E-state index contributed by atoms with van der Waals surface area (Å²) in [6, 6.07) is 37.2. The van der Waals surface area contributed by atoms with E-state index in [9.17, 15) is 0 Å². The summed E-state index contributed by atoms with van der Waals surface area (Å²) in [5.41, 5.74) is 9.97. The predicted molar refractivity (Wildman–Crippen MR) is 151 cm³/mol. The molecule has 0 bridgehead atoms. The minimum atomic E-state index is 0.703. The van der Waals surface area contributed by atoms with Crippen LogP contribution in [0.3, 0.4) is 0 Å². The van der Waals surface area contributed by atoms with Crippen molar-refractivity contribution < 1.29 is 0 Å². The van der Waals surface area contributed by atoms with E-state index in [1.165, 1.54) is 0 Å². The summed E-state index contributed by atoms with van der Waals surface area (Å²) >= 11 is 0. The van der Waals surface area contributed by atoms with E-state index in [1.807, 2.05) is 75.6 Å². The summed E-state index contributed by atoms with van der Waals surface area (Å²) < 4.78 is 6.34. The van der Waals surface area contributed by atoms with Crippen LogP contribution < -0.4 is 10.1 Å². The summed E-state index contributed by atoms with van der Waals surface area (Å²) in [5.74, 6) is 0.703. The van der Waals surface area contributed by atoms with Crippen molar-refractivity contribution >= 4 is 38.5 Å². The first-order chi connectivity index (χ1) is 18.9. The Bertz CT molecular complexity index is 1960. The number of rotatable bonds is 4. The van der Waals surface area contributed by atoms with Crippen molar-refractivity contribution in [1.29, 1.82) is 0 Å². The molecule has 1 aliphatic heterocycles. The summed E-state index contributed by atoms with van der Waals surface area (Å²) in [6.45, 7) is 0. The lowest BCUT2D eigenvalue weighted by Crippen LogP contribution is -2.26. The molecule has 0 saturated carbocycles. The lowest BCUT2D eigenvalue weighted by atomic mass is 10.1. The maximum atomic E-state index is 4.94. The van der Waals surface area contributed by atoms with Crippen LogP contribution >= 0.6 is 0 Å². The number of hydrogen-bond acceptors (Lipinski definition) is 4. The number of aromatic nitrogens is 5. The molecule has 1 aliphatic rings. The smallest absolute Gasteiger partial charge is 0.242 e. The van der Waals surface area contributed by atoms with E-state index in [4.69, 9.17) is 5.53 Å². The van der Waals surface area contributed by atoms with Gasteiger partial charge in [-0.2, -0.15) is 0 Å². The summed E-state index contributed by atoms with van der Waals surface area (Å²) in [4.78, 5) is 0. The Kier molecular flexibility index (Phi) is 4.43. The zero-order chi connectivity index (χ0) is 25.1. The minimum Gasteiger partial charge on any atom is -0.448 e. The number of para-hydroxylation sites is 4. The van der Waals surface area contributed by atoms with Crippen molar-refractivity contribution in [2.24, 2.45) is 0 Å². The van der Waals surface area contributed by atoms with Crippen molar-refractivity contribution in [3.63, 3.8) is 0 Å². The molecule has 0 spiro atoms. The van der Waals surface area contributed by atoms with Gasteiger partial charge in [0.25, 0.3) is 0 Å². The second-order valence-electron chi connectivity index (χ2n) is 9.10. The van der Waals surface area contributed by atoms with Gasteiger partial charge in [0.15, 0.2) is 0 Å². The highest BCUT2D eigenvalue weighted by Crippen LogP contribution is 2.40. The second kappa shape index (κ2) is 8.09. The molecule has 0 amide bonds. The Balaban J connectivity index is 1.43. The first-order valence-electron chi connectivity index (χ1n) is 12.4. The zero-order valence-corrected chi connectivity index (χ0v) is 20.2. The van der Waals surface area contributed by atoms with Crippen molar-refractivity contribution in [1.82, 2.24) is 24.0 Å². The van der Waals surface area contributed by atoms with Crippen LogP contribution in [0.2, 0.25) is 0 Å². The standard InChI is InChI=1S/C30H21N8/c1-3-11-22(12-4-1)34-21-31-32-30(34)37-26-17-9-7-15-24(26)28-25-16-8-10-18-27(25)38(29(28)37)36-20-19-35(33-36)23-13-5-2-6-14-23/h1-21H/q-1. The molecule has 7 aromatic rings. The summed E-state index contributed by atoms with van der Waals surface area (Å²) in [6.07, 6.45) is 5.70. The highest BCUT2D eigenvalue weighted by Gasteiger charge is 2.24. The fraction of sp³-hybridized carbons (Fsp3) is 0. The molecule has 3 aromatic heterocycles. The highest BCUT2D eigenvalue weighted by molar-refractivity contribution is 6.21. The summed E-state index contributed by atoms with van der Waals surface area (Å²) in [7, 11) is 0. The fourth-order valence-electron chi connectivity index (χ4n) is 5.34. The fourth-order valence-corrected chi connectivity index (χ4v) is 5.34. The van der Waals surface area contributed by atoms with E-state index in [2.05, 4.69) is 80.1 Å². The van der Waals surface area contributed by atoms with Gasteiger partial charge in [0.1, 0.15) is 12.0 Å². The minimum absolute atomic E-state index is 0.703. The third-order valence-electron chi connectivity index (χ3n) is 6.97. The number of hydrogen-bond donors (Lipinski definition) is 0. The molecule has 0 saturated heterocycles. The van der Waals surface area contributed by atoms with E-state index in [1.54, 1.807) is 6.33 Å². The molecule has 0 unspecified atom stereocenters. The van der Waals surface area contributed by atoms with Crippen molar-refractivity contribution in [2.75, 3.05) is 10.1 Å². The molecule has 0 radical (unpaired) electrons. The van der Waals surface area contributed by atoms with Crippen molar-refractivity contribution in [3.8, 4) is 11.6 Å². The molecule has 8 nitrogen and oxygen atoms in total. The molecule has 182 valence electrons. The predicted octanol–water partition coefficient (Wildman–Crippen LogP) is 6.45. The Morgan fingerprint density at radius 3 is 2.00 bits per heavy atom. The first kappa shape index (κ1) is 20.8. The van der Waals surface area contributed by atoms with Crippen LogP contribution in [-0.2, 0) is 0 Å². The van der Waals surface area contributed by atoms with E-state index in [-0.39, 0.29) is 0 Å². The van der Waals surface area contributed by atoms with Gasteiger partial charge in [0, 0.05) is 34.2 Å². The number of anilines is 1. The topological polar surface area (TPSA) is 61.2 Å². The van der Waals surface area contributed by atoms with Gasteiger partial charge in [0.2, 0.25) is 5.95 Å². The van der Waals surface area contributed by atoms with Gasteiger partial charge in [-0.3, -0.25) is 13.8 Å². The first-order valence-corrected chi connectivity index (χ1v) is 12.4. The van der Waals surface area contributed by atoms with E-state index < -0.39 is 0 Å². The van der Waals surface area contributed by atoms with Gasteiger partial charge in [-0.05, 0) is 36.4 Å². The molecule has 8 heteroatoms. The van der Waals surface area contributed by atoms with Gasteiger partial charge >= 0.3 is 0 Å². The van der Waals surface area contributed by atoms with Gasteiger partial charge in [-0.25, -0.2) is 0 Å². The highest BCUT2D eigenvalue weighted by atomic mass is 15.9. The average Bonchev–Trinajstić information content (AvgIpc) is 3.76. The lowest BCUT2D eigenvalue weighted by Gasteiger charge is -2.39. The average molecular weight is 494 g/mol. The Morgan fingerprint density at radius 1 is 0.605 bits per heavy atom.